The Hall–Kier alpha value is -1.44. The van der Waals surface area contributed by atoms with E-state index in [0.717, 1.165) is 35.2 Å². The molecule has 0 saturated carbocycles. The molecular formula is C18H20BrFN2O2S. The molecule has 0 aromatic heterocycles. The first kappa shape index (κ1) is 18.4. The standard InChI is InChI=1S/C18H20BrFN2O2S/c1-13-10-17(6-7-18(13)19)25(23,24)21-11-14-8-9-22(12-14)16-4-2-15(20)3-5-16/h2-7,10,14,21H,8-9,11-12H2,1H3. The summed E-state index contributed by atoms with van der Waals surface area (Å²) in [6, 6.07) is 11.4. The summed E-state index contributed by atoms with van der Waals surface area (Å²) in [6.45, 7) is 3.86. The molecule has 1 N–H and O–H groups in total. The average Bonchev–Trinajstić information content (AvgIpc) is 3.05. The Balaban J connectivity index is 1.60. The number of halogens is 2. The maximum absolute atomic E-state index is 13.0. The molecular weight excluding hydrogens is 407 g/mol. The summed E-state index contributed by atoms with van der Waals surface area (Å²) in [5.74, 6) is -0.0200. The Labute approximate surface area is 156 Å². The van der Waals surface area contributed by atoms with Crippen molar-refractivity contribution in [3.05, 3.63) is 58.3 Å². The first-order valence-corrected chi connectivity index (χ1v) is 10.4. The van der Waals surface area contributed by atoms with Crippen LogP contribution in [0.15, 0.2) is 51.8 Å². The third kappa shape index (κ3) is 4.40. The number of hydrogen-bond donors (Lipinski definition) is 1. The number of anilines is 1. The predicted molar refractivity (Wildman–Crippen MR) is 101 cm³/mol. The number of hydrogen-bond acceptors (Lipinski definition) is 3. The first-order chi connectivity index (χ1) is 11.8. The number of sulfonamides is 1. The van der Waals surface area contributed by atoms with E-state index >= 15 is 0 Å². The van der Waals surface area contributed by atoms with Crippen molar-refractivity contribution in [1.29, 1.82) is 0 Å². The lowest BCUT2D eigenvalue weighted by Gasteiger charge is -2.19. The van der Waals surface area contributed by atoms with Gasteiger partial charge in [-0.2, -0.15) is 0 Å². The van der Waals surface area contributed by atoms with Crippen molar-refractivity contribution in [2.75, 3.05) is 24.5 Å². The van der Waals surface area contributed by atoms with Gasteiger partial charge in [-0.05, 0) is 67.3 Å². The van der Waals surface area contributed by atoms with Crippen LogP contribution in [0.4, 0.5) is 10.1 Å². The van der Waals surface area contributed by atoms with Gasteiger partial charge in [-0.3, -0.25) is 0 Å². The minimum Gasteiger partial charge on any atom is -0.371 e. The molecule has 1 aliphatic rings. The Kier molecular flexibility index (Phi) is 5.46. The van der Waals surface area contributed by atoms with Gasteiger partial charge in [-0.15, -0.1) is 0 Å². The molecule has 4 nitrogen and oxygen atoms in total. The Bertz CT molecular complexity index is 856. The van der Waals surface area contributed by atoms with E-state index in [-0.39, 0.29) is 16.6 Å². The van der Waals surface area contributed by atoms with E-state index in [1.807, 2.05) is 6.92 Å². The van der Waals surface area contributed by atoms with Crippen molar-refractivity contribution in [2.45, 2.75) is 18.2 Å². The van der Waals surface area contributed by atoms with Gasteiger partial charge in [-0.25, -0.2) is 17.5 Å². The van der Waals surface area contributed by atoms with E-state index < -0.39 is 10.0 Å². The van der Waals surface area contributed by atoms with Crippen LogP contribution >= 0.6 is 15.9 Å². The molecule has 1 unspecified atom stereocenters. The highest BCUT2D eigenvalue weighted by Gasteiger charge is 2.25. The van der Waals surface area contributed by atoms with Crippen LogP contribution in [-0.4, -0.2) is 28.1 Å². The Morgan fingerprint density at radius 2 is 1.96 bits per heavy atom. The topological polar surface area (TPSA) is 49.4 Å². The molecule has 1 fully saturated rings. The van der Waals surface area contributed by atoms with Gasteiger partial charge in [0, 0.05) is 29.8 Å². The molecule has 3 rings (SSSR count). The molecule has 134 valence electrons. The lowest BCUT2D eigenvalue weighted by Crippen LogP contribution is -2.31. The zero-order chi connectivity index (χ0) is 18.0. The van der Waals surface area contributed by atoms with Crippen molar-refractivity contribution >= 4 is 31.6 Å². The molecule has 2 aromatic carbocycles. The molecule has 7 heteroatoms. The zero-order valence-corrected chi connectivity index (χ0v) is 16.3. The SMILES string of the molecule is Cc1cc(S(=O)(=O)NCC2CCN(c3ccc(F)cc3)C2)ccc1Br. The summed E-state index contributed by atoms with van der Waals surface area (Å²) in [5, 5.41) is 0. The molecule has 1 heterocycles. The number of aryl methyl sites for hydroxylation is 1. The maximum atomic E-state index is 13.0. The minimum absolute atomic E-state index is 0.233. The highest BCUT2D eigenvalue weighted by Crippen LogP contribution is 2.24. The van der Waals surface area contributed by atoms with Crippen LogP contribution in [0.5, 0.6) is 0 Å². The molecule has 2 aromatic rings. The highest BCUT2D eigenvalue weighted by atomic mass is 79.9. The van der Waals surface area contributed by atoms with Crippen LogP contribution < -0.4 is 9.62 Å². The minimum atomic E-state index is -3.51. The fraction of sp³-hybridized carbons (Fsp3) is 0.333. The van der Waals surface area contributed by atoms with Crippen molar-refractivity contribution in [1.82, 2.24) is 4.72 Å². The van der Waals surface area contributed by atoms with E-state index in [0.29, 0.717) is 6.54 Å². The van der Waals surface area contributed by atoms with Crippen LogP contribution in [0, 0.1) is 18.7 Å². The van der Waals surface area contributed by atoms with Gasteiger partial charge in [-0.1, -0.05) is 15.9 Å². The predicted octanol–water partition coefficient (Wildman–Crippen LogP) is 3.70. The number of nitrogens with one attached hydrogen (secondary N) is 1. The molecule has 1 aliphatic heterocycles. The second-order valence-corrected chi connectivity index (χ2v) is 8.96. The number of nitrogens with zero attached hydrogens (tertiary/aromatic N) is 1. The molecule has 0 bridgehead atoms. The quantitative estimate of drug-likeness (QED) is 0.792. The molecule has 1 atom stereocenters. The van der Waals surface area contributed by atoms with Gasteiger partial charge >= 0.3 is 0 Å². The second kappa shape index (κ2) is 7.43. The summed E-state index contributed by atoms with van der Waals surface area (Å²) >= 11 is 3.38. The van der Waals surface area contributed by atoms with Crippen molar-refractivity contribution in [3.8, 4) is 0 Å². The smallest absolute Gasteiger partial charge is 0.240 e. The van der Waals surface area contributed by atoms with E-state index in [4.69, 9.17) is 0 Å². The summed E-state index contributed by atoms with van der Waals surface area (Å²) in [7, 11) is -3.51. The van der Waals surface area contributed by atoms with Crippen molar-refractivity contribution in [3.63, 3.8) is 0 Å². The van der Waals surface area contributed by atoms with E-state index in [9.17, 15) is 12.8 Å². The van der Waals surface area contributed by atoms with Crippen LogP contribution in [0.1, 0.15) is 12.0 Å². The molecule has 1 saturated heterocycles. The van der Waals surface area contributed by atoms with E-state index in [2.05, 4.69) is 25.6 Å². The maximum Gasteiger partial charge on any atom is 0.240 e. The van der Waals surface area contributed by atoms with E-state index in [1.165, 1.54) is 12.1 Å². The Morgan fingerprint density at radius 1 is 1.24 bits per heavy atom. The third-order valence-electron chi connectivity index (χ3n) is 4.48. The molecule has 0 radical (unpaired) electrons. The van der Waals surface area contributed by atoms with Crippen LogP contribution in [0.3, 0.4) is 0 Å². The van der Waals surface area contributed by atoms with Gasteiger partial charge in [0.05, 0.1) is 4.90 Å². The lowest BCUT2D eigenvalue weighted by molar-refractivity contribution is 0.541. The first-order valence-electron chi connectivity index (χ1n) is 8.11. The molecule has 0 amide bonds. The van der Waals surface area contributed by atoms with Gasteiger partial charge < -0.3 is 4.90 Å². The van der Waals surface area contributed by atoms with Crippen molar-refractivity contribution in [2.24, 2.45) is 5.92 Å². The van der Waals surface area contributed by atoms with E-state index in [1.54, 1.807) is 30.3 Å². The average molecular weight is 427 g/mol. The van der Waals surface area contributed by atoms with Crippen molar-refractivity contribution < 1.29 is 12.8 Å². The van der Waals surface area contributed by atoms with Gasteiger partial charge in [0.25, 0.3) is 0 Å². The summed E-state index contributed by atoms with van der Waals surface area (Å²) in [6.07, 6.45) is 0.902. The summed E-state index contributed by atoms with van der Waals surface area (Å²) < 4.78 is 41.5. The fourth-order valence-corrected chi connectivity index (χ4v) is 4.43. The zero-order valence-electron chi connectivity index (χ0n) is 13.9. The third-order valence-corrected chi connectivity index (χ3v) is 6.79. The normalized spacial score (nSPS) is 17.9. The number of benzene rings is 2. The van der Waals surface area contributed by atoms with Crippen LogP contribution in [0.25, 0.3) is 0 Å². The number of rotatable bonds is 5. The largest absolute Gasteiger partial charge is 0.371 e. The fourth-order valence-electron chi connectivity index (χ4n) is 2.98. The molecule has 0 aliphatic carbocycles. The molecule has 0 spiro atoms. The van der Waals surface area contributed by atoms with Crippen LogP contribution in [0.2, 0.25) is 0 Å². The van der Waals surface area contributed by atoms with Crippen LogP contribution in [-0.2, 0) is 10.0 Å². The summed E-state index contributed by atoms with van der Waals surface area (Å²) in [4.78, 5) is 2.43. The molecule has 25 heavy (non-hydrogen) atoms. The monoisotopic (exact) mass is 426 g/mol. The lowest BCUT2D eigenvalue weighted by atomic mass is 10.1. The Morgan fingerprint density at radius 3 is 2.64 bits per heavy atom. The highest BCUT2D eigenvalue weighted by molar-refractivity contribution is 9.10. The second-order valence-electron chi connectivity index (χ2n) is 6.34. The van der Waals surface area contributed by atoms with Gasteiger partial charge in [0.2, 0.25) is 10.0 Å². The van der Waals surface area contributed by atoms with Gasteiger partial charge in [0.1, 0.15) is 5.82 Å². The summed E-state index contributed by atoms with van der Waals surface area (Å²) in [5.41, 5.74) is 1.85. The van der Waals surface area contributed by atoms with Gasteiger partial charge in [0.15, 0.2) is 0 Å².